The van der Waals surface area contributed by atoms with Gasteiger partial charge in [0.2, 0.25) is 15.9 Å². The first kappa shape index (κ1) is 23.0. The van der Waals surface area contributed by atoms with E-state index in [-0.39, 0.29) is 25.3 Å². The molecule has 168 valence electrons. The number of amides is 1. The lowest BCUT2D eigenvalue weighted by Gasteiger charge is -2.32. The number of nitrogens with one attached hydrogen (secondary N) is 1. The maximum absolute atomic E-state index is 13.0. The molecular formula is C21H25ClN2O6S. The van der Waals surface area contributed by atoms with E-state index in [1.165, 1.54) is 13.2 Å². The van der Waals surface area contributed by atoms with Crippen LogP contribution < -0.4 is 23.8 Å². The Labute approximate surface area is 187 Å². The normalized spacial score (nSPS) is 16.3. The number of hydrogen-bond donors (Lipinski definition) is 1. The van der Waals surface area contributed by atoms with Crippen molar-refractivity contribution in [1.29, 1.82) is 0 Å². The van der Waals surface area contributed by atoms with E-state index in [1.807, 2.05) is 12.1 Å². The summed E-state index contributed by atoms with van der Waals surface area (Å²) in [5.74, 6) is 1.08. The fourth-order valence-corrected chi connectivity index (χ4v) is 4.74. The average Bonchev–Trinajstić information content (AvgIpc) is 2.74. The molecule has 0 saturated heterocycles. The predicted octanol–water partition coefficient (Wildman–Crippen LogP) is 2.85. The van der Waals surface area contributed by atoms with Crippen LogP contribution in [0, 0.1) is 0 Å². The molecule has 0 fully saturated rings. The Hall–Kier alpha value is -2.65. The van der Waals surface area contributed by atoms with Gasteiger partial charge in [-0.3, -0.25) is 9.10 Å². The first-order valence-electron chi connectivity index (χ1n) is 9.73. The summed E-state index contributed by atoms with van der Waals surface area (Å²) in [5.41, 5.74) is 0.200. The van der Waals surface area contributed by atoms with E-state index >= 15 is 0 Å². The smallest absolute Gasteiger partial charge is 0.244 e. The molecule has 2 aromatic rings. The lowest BCUT2D eigenvalue weighted by molar-refractivity contribution is -0.122. The van der Waals surface area contributed by atoms with Crippen molar-refractivity contribution in [3.63, 3.8) is 0 Å². The minimum absolute atomic E-state index is 0.161. The second-order valence-electron chi connectivity index (χ2n) is 7.04. The Morgan fingerprint density at radius 2 is 2.00 bits per heavy atom. The zero-order valence-corrected chi connectivity index (χ0v) is 19.1. The van der Waals surface area contributed by atoms with Crippen LogP contribution in [0.1, 0.15) is 13.3 Å². The van der Waals surface area contributed by atoms with Crippen LogP contribution in [0.5, 0.6) is 17.2 Å². The summed E-state index contributed by atoms with van der Waals surface area (Å²) in [7, 11) is -2.41. The van der Waals surface area contributed by atoms with Crippen molar-refractivity contribution in [2.75, 3.05) is 30.8 Å². The number of rotatable bonds is 8. The van der Waals surface area contributed by atoms with Gasteiger partial charge >= 0.3 is 0 Å². The number of hydrogen-bond acceptors (Lipinski definition) is 6. The minimum Gasteiger partial charge on any atom is -0.495 e. The van der Waals surface area contributed by atoms with Gasteiger partial charge in [-0.1, -0.05) is 30.7 Å². The summed E-state index contributed by atoms with van der Waals surface area (Å²) >= 11 is 6.09. The van der Waals surface area contributed by atoms with Gasteiger partial charge in [-0.25, -0.2) is 8.42 Å². The van der Waals surface area contributed by atoms with E-state index in [1.54, 1.807) is 31.2 Å². The van der Waals surface area contributed by atoms with Gasteiger partial charge in [-0.15, -0.1) is 0 Å². The van der Waals surface area contributed by atoms with Gasteiger partial charge in [0.05, 0.1) is 25.6 Å². The number of halogens is 1. The second kappa shape index (κ2) is 9.65. The Bertz CT molecular complexity index is 1050. The molecule has 2 aromatic carbocycles. The molecule has 2 atom stereocenters. The molecule has 1 aliphatic heterocycles. The van der Waals surface area contributed by atoms with Gasteiger partial charge in [0.1, 0.15) is 24.5 Å². The van der Waals surface area contributed by atoms with Crippen LogP contribution in [0.2, 0.25) is 5.02 Å². The van der Waals surface area contributed by atoms with Crippen LogP contribution in [0.25, 0.3) is 0 Å². The molecule has 10 heteroatoms. The molecule has 1 N–H and O–H groups in total. The van der Waals surface area contributed by atoms with Crippen LogP contribution >= 0.6 is 11.6 Å². The number of benzene rings is 2. The van der Waals surface area contributed by atoms with Gasteiger partial charge in [0, 0.05) is 5.02 Å². The number of sulfonamides is 1. The molecule has 3 rings (SSSR count). The van der Waals surface area contributed by atoms with Crippen molar-refractivity contribution in [2.24, 2.45) is 0 Å². The molecule has 1 amide bonds. The molecule has 1 heterocycles. The van der Waals surface area contributed by atoms with E-state index < -0.39 is 28.1 Å². The van der Waals surface area contributed by atoms with Crippen molar-refractivity contribution < 1.29 is 27.4 Å². The van der Waals surface area contributed by atoms with E-state index in [4.69, 9.17) is 25.8 Å². The molecule has 0 aromatic heterocycles. The van der Waals surface area contributed by atoms with E-state index in [0.717, 1.165) is 10.6 Å². The monoisotopic (exact) mass is 468 g/mol. The molecule has 2 unspecified atom stereocenters. The van der Waals surface area contributed by atoms with E-state index in [9.17, 15) is 13.2 Å². The lowest BCUT2D eigenvalue weighted by Crippen LogP contribution is -2.51. The summed E-state index contributed by atoms with van der Waals surface area (Å²) in [5, 5.41) is 3.11. The zero-order valence-electron chi connectivity index (χ0n) is 17.5. The highest BCUT2D eigenvalue weighted by molar-refractivity contribution is 7.92. The molecular weight excluding hydrogens is 444 g/mol. The highest BCUT2D eigenvalue weighted by atomic mass is 35.5. The number of ether oxygens (including phenoxy) is 3. The highest BCUT2D eigenvalue weighted by Crippen LogP contribution is 2.35. The van der Waals surface area contributed by atoms with Crippen LogP contribution in [0.3, 0.4) is 0 Å². The van der Waals surface area contributed by atoms with Crippen molar-refractivity contribution in [3.8, 4) is 17.2 Å². The molecule has 0 bridgehead atoms. The third-order valence-electron chi connectivity index (χ3n) is 4.78. The molecule has 0 radical (unpaired) electrons. The molecule has 1 aliphatic rings. The highest BCUT2D eigenvalue weighted by Gasteiger charge is 2.34. The number of carbonyl (C=O) groups is 1. The van der Waals surface area contributed by atoms with Crippen LogP contribution in [0.4, 0.5) is 5.69 Å². The Morgan fingerprint density at radius 3 is 2.65 bits per heavy atom. The fourth-order valence-electron chi connectivity index (χ4n) is 3.37. The van der Waals surface area contributed by atoms with Crippen molar-refractivity contribution in [1.82, 2.24) is 5.32 Å². The number of para-hydroxylation sites is 2. The maximum atomic E-state index is 13.0. The van der Waals surface area contributed by atoms with Gasteiger partial charge in [-0.05, 0) is 36.8 Å². The zero-order chi connectivity index (χ0) is 22.6. The molecule has 8 nitrogen and oxygen atoms in total. The summed E-state index contributed by atoms with van der Waals surface area (Å²) < 4.78 is 43.2. The quantitative estimate of drug-likeness (QED) is 0.640. The SMILES string of the molecule is CCC(C(=O)NCC1COc2ccccc2O1)N(c1cc(Cl)ccc1OC)S(C)(=O)=O. The van der Waals surface area contributed by atoms with Crippen LogP contribution in [-0.4, -0.2) is 53.0 Å². The van der Waals surface area contributed by atoms with Crippen molar-refractivity contribution >= 4 is 33.2 Å². The molecule has 0 spiro atoms. The minimum atomic E-state index is -3.83. The summed E-state index contributed by atoms with van der Waals surface area (Å²) in [6, 6.07) is 10.9. The van der Waals surface area contributed by atoms with Gasteiger partial charge in [0.25, 0.3) is 0 Å². The number of fused-ring (bicyclic) bond motifs is 1. The third kappa shape index (κ3) is 5.34. The third-order valence-corrected chi connectivity index (χ3v) is 6.18. The summed E-state index contributed by atoms with van der Waals surface area (Å²) in [6.07, 6.45) is 0.876. The standard InChI is InChI=1S/C21H25ClN2O6S/c1-4-16(24(31(3,26)27)17-11-14(22)9-10-18(17)28-2)21(25)23-12-15-13-29-19-7-5-6-8-20(19)30-15/h5-11,15-16H,4,12-13H2,1-3H3,(H,23,25). The first-order chi connectivity index (χ1) is 14.7. The number of methoxy groups -OCH3 is 1. The van der Waals surface area contributed by atoms with Gasteiger partial charge in [0.15, 0.2) is 11.5 Å². The first-order valence-corrected chi connectivity index (χ1v) is 12.0. The van der Waals surface area contributed by atoms with Crippen LogP contribution in [0.15, 0.2) is 42.5 Å². The topological polar surface area (TPSA) is 94.2 Å². The average molecular weight is 469 g/mol. The van der Waals surface area contributed by atoms with E-state index in [0.29, 0.717) is 22.3 Å². The summed E-state index contributed by atoms with van der Waals surface area (Å²) in [4.78, 5) is 13.0. The fraction of sp³-hybridized carbons (Fsp3) is 0.381. The number of anilines is 1. The molecule has 31 heavy (non-hydrogen) atoms. The maximum Gasteiger partial charge on any atom is 0.244 e. The Kier molecular flexibility index (Phi) is 7.17. The molecule has 0 saturated carbocycles. The van der Waals surface area contributed by atoms with Gasteiger partial charge in [-0.2, -0.15) is 0 Å². The van der Waals surface area contributed by atoms with Crippen LogP contribution in [-0.2, 0) is 14.8 Å². The Balaban J connectivity index is 1.78. The van der Waals surface area contributed by atoms with E-state index in [2.05, 4.69) is 5.32 Å². The van der Waals surface area contributed by atoms with Crippen molar-refractivity contribution in [3.05, 3.63) is 47.5 Å². The van der Waals surface area contributed by atoms with Crippen molar-refractivity contribution in [2.45, 2.75) is 25.5 Å². The molecule has 0 aliphatic carbocycles. The lowest BCUT2D eigenvalue weighted by atomic mass is 10.1. The second-order valence-corrected chi connectivity index (χ2v) is 9.34. The number of nitrogens with zero attached hydrogens (tertiary/aromatic N) is 1. The van der Waals surface area contributed by atoms with Gasteiger partial charge < -0.3 is 19.5 Å². The Morgan fingerprint density at radius 1 is 1.29 bits per heavy atom. The largest absolute Gasteiger partial charge is 0.495 e. The summed E-state index contributed by atoms with van der Waals surface area (Å²) in [6.45, 7) is 2.16. The number of carbonyl (C=O) groups excluding carboxylic acids is 1. The predicted molar refractivity (Wildman–Crippen MR) is 119 cm³/mol.